The van der Waals surface area contributed by atoms with Gasteiger partial charge in [0.15, 0.2) is 0 Å². The number of sulfonamides is 1. The third kappa shape index (κ3) is 6.64. The molecule has 1 heterocycles. The van der Waals surface area contributed by atoms with E-state index >= 15 is 0 Å². The van der Waals surface area contributed by atoms with Gasteiger partial charge in [-0.3, -0.25) is 9.52 Å². The second-order valence-corrected chi connectivity index (χ2v) is 7.15. The predicted molar refractivity (Wildman–Crippen MR) is 91.0 cm³/mol. The van der Waals surface area contributed by atoms with Gasteiger partial charge in [0.25, 0.3) is 0 Å². The highest BCUT2D eigenvalue weighted by molar-refractivity contribution is 7.92. The lowest BCUT2D eigenvalue weighted by Crippen LogP contribution is -2.15. The monoisotopic (exact) mass is 347 g/mol. The minimum Gasteiger partial charge on any atom is -0.326 e. The normalized spacial score (nSPS) is 17.6. The smallest absolute Gasteiger partial charge is 0.229 e. The second-order valence-electron chi connectivity index (χ2n) is 5.40. The molecule has 0 spiro atoms. The number of benzene rings is 1. The van der Waals surface area contributed by atoms with Crippen LogP contribution in [0.5, 0.6) is 0 Å². The molecule has 0 aliphatic carbocycles. The van der Waals surface area contributed by atoms with Gasteiger partial charge in [0.1, 0.15) is 0 Å². The summed E-state index contributed by atoms with van der Waals surface area (Å²) in [5, 5.41) is 6.10. The van der Waals surface area contributed by atoms with Crippen LogP contribution in [0.15, 0.2) is 24.3 Å². The number of amides is 1. The molecule has 3 N–H and O–H groups in total. The van der Waals surface area contributed by atoms with Crippen LogP contribution in [0.25, 0.3) is 0 Å². The van der Waals surface area contributed by atoms with Crippen LogP contribution in [0.1, 0.15) is 19.3 Å². The number of anilines is 2. The third-order valence-electron chi connectivity index (χ3n) is 3.41. The van der Waals surface area contributed by atoms with E-state index in [1.54, 1.807) is 24.3 Å². The van der Waals surface area contributed by atoms with Gasteiger partial charge in [-0.2, -0.15) is 0 Å². The van der Waals surface area contributed by atoms with E-state index in [9.17, 15) is 13.2 Å². The van der Waals surface area contributed by atoms with Crippen molar-refractivity contribution >= 4 is 39.7 Å². The summed E-state index contributed by atoms with van der Waals surface area (Å²) in [6.07, 6.45) is 3.64. The summed E-state index contributed by atoms with van der Waals surface area (Å²) in [4.78, 5) is 11.8. The van der Waals surface area contributed by atoms with Crippen molar-refractivity contribution < 1.29 is 13.2 Å². The standard InChI is InChI=1S/C14H21N3O3S.ClH/c1-21(19,20)17-13-5-3-12(4-6-13)16-14(18)7-2-11-8-9-15-10-11;/h3-6,11,15,17H,2,7-10H2,1H3,(H,16,18);1H. The van der Waals surface area contributed by atoms with Gasteiger partial charge in [0.05, 0.1) is 6.26 Å². The first-order chi connectivity index (χ1) is 9.92. The molecule has 1 saturated heterocycles. The van der Waals surface area contributed by atoms with Crippen molar-refractivity contribution in [3.63, 3.8) is 0 Å². The van der Waals surface area contributed by atoms with E-state index in [0.717, 1.165) is 32.2 Å². The Bertz CT molecular complexity index is 584. The molecule has 6 nitrogen and oxygen atoms in total. The van der Waals surface area contributed by atoms with E-state index in [1.165, 1.54) is 0 Å². The summed E-state index contributed by atoms with van der Waals surface area (Å²) in [7, 11) is -3.27. The Morgan fingerprint density at radius 3 is 2.45 bits per heavy atom. The maximum absolute atomic E-state index is 11.8. The Hall–Kier alpha value is -1.31. The zero-order valence-corrected chi connectivity index (χ0v) is 14.1. The van der Waals surface area contributed by atoms with Crippen molar-refractivity contribution in [3.05, 3.63) is 24.3 Å². The summed E-state index contributed by atoms with van der Waals surface area (Å²) < 4.78 is 24.6. The van der Waals surface area contributed by atoms with E-state index in [-0.39, 0.29) is 18.3 Å². The molecule has 1 atom stereocenters. The largest absolute Gasteiger partial charge is 0.326 e. The number of hydrogen-bond donors (Lipinski definition) is 3. The van der Waals surface area contributed by atoms with Gasteiger partial charge >= 0.3 is 0 Å². The molecule has 2 rings (SSSR count). The van der Waals surface area contributed by atoms with Crippen LogP contribution in [-0.2, 0) is 14.8 Å². The van der Waals surface area contributed by atoms with Crippen LogP contribution in [0, 0.1) is 5.92 Å². The van der Waals surface area contributed by atoms with Crippen molar-refractivity contribution in [3.8, 4) is 0 Å². The molecule has 1 fully saturated rings. The number of hydrogen-bond acceptors (Lipinski definition) is 4. The van der Waals surface area contributed by atoms with Crippen LogP contribution in [0.3, 0.4) is 0 Å². The van der Waals surface area contributed by atoms with E-state index < -0.39 is 10.0 Å². The summed E-state index contributed by atoms with van der Waals surface area (Å²) >= 11 is 0. The molecule has 1 aliphatic rings. The van der Waals surface area contributed by atoms with E-state index in [1.807, 2.05) is 0 Å². The molecule has 1 aromatic carbocycles. The summed E-state index contributed by atoms with van der Waals surface area (Å²) in [5.74, 6) is 0.586. The van der Waals surface area contributed by atoms with Gasteiger partial charge < -0.3 is 10.6 Å². The maximum atomic E-state index is 11.8. The fourth-order valence-corrected chi connectivity index (χ4v) is 2.92. The minimum atomic E-state index is -3.27. The highest BCUT2D eigenvalue weighted by Crippen LogP contribution is 2.17. The van der Waals surface area contributed by atoms with Gasteiger partial charge in [-0.1, -0.05) is 0 Å². The van der Waals surface area contributed by atoms with E-state index in [2.05, 4.69) is 15.4 Å². The van der Waals surface area contributed by atoms with Crippen molar-refractivity contribution in [2.75, 3.05) is 29.4 Å². The molecule has 0 saturated carbocycles. The van der Waals surface area contributed by atoms with Crippen molar-refractivity contribution in [2.45, 2.75) is 19.3 Å². The number of carbonyl (C=O) groups excluding carboxylic acids is 1. The highest BCUT2D eigenvalue weighted by atomic mass is 35.5. The summed E-state index contributed by atoms with van der Waals surface area (Å²) in [6, 6.07) is 6.61. The average Bonchev–Trinajstić information content (AvgIpc) is 2.90. The van der Waals surface area contributed by atoms with Crippen LogP contribution >= 0.6 is 12.4 Å². The summed E-state index contributed by atoms with van der Waals surface area (Å²) in [5.41, 5.74) is 1.15. The van der Waals surface area contributed by atoms with Crippen LogP contribution < -0.4 is 15.4 Å². The molecule has 124 valence electrons. The number of rotatable bonds is 6. The number of halogens is 1. The molecule has 1 aliphatic heterocycles. The van der Waals surface area contributed by atoms with Crippen LogP contribution in [0.4, 0.5) is 11.4 Å². The van der Waals surface area contributed by atoms with Gasteiger partial charge in [-0.25, -0.2) is 8.42 Å². The summed E-state index contributed by atoms with van der Waals surface area (Å²) in [6.45, 7) is 2.04. The zero-order chi connectivity index (χ0) is 15.3. The lowest BCUT2D eigenvalue weighted by atomic mass is 10.0. The molecule has 8 heteroatoms. The lowest BCUT2D eigenvalue weighted by Gasteiger charge is -2.09. The Morgan fingerprint density at radius 1 is 1.27 bits per heavy atom. The van der Waals surface area contributed by atoms with E-state index in [4.69, 9.17) is 0 Å². The van der Waals surface area contributed by atoms with Crippen molar-refractivity contribution in [2.24, 2.45) is 5.92 Å². The first-order valence-corrected chi connectivity index (χ1v) is 8.90. The molecule has 0 aromatic heterocycles. The topological polar surface area (TPSA) is 87.3 Å². The molecular weight excluding hydrogens is 326 g/mol. The molecule has 0 radical (unpaired) electrons. The molecule has 1 amide bonds. The Balaban J connectivity index is 0.00000242. The quantitative estimate of drug-likeness (QED) is 0.732. The van der Waals surface area contributed by atoms with E-state index in [0.29, 0.717) is 23.7 Å². The lowest BCUT2D eigenvalue weighted by molar-refractivity contribution is -0.116. The SMILES string of the molecule is CS(=O)(=O)Nc1ccc(NC(=O)CCC2CCNC2)cc1.Cl. The van der Waals surface area contributed by atoms with Crippen LogP contribution in [-0.4, -0.2) is 33.7 Å². The first-order valence-electron chi connectivity index (χ1n) is 7.01. The average molecular weight is 348 g/mol. The van der Waals surface area contributed by atoms with Gasteiger partial charge in [0.2, 0.25) is 15.9 Å². The highest BCUT2D eigenvalue weighted by Gasteiger charge is 2.15. The fraction of sp³-hybridized carbons (Fsp3) is 0.500. The van der Waals surface area contributed by atoms with Crippen molar-refractivity contribution in [1.29, 1.82) is 0 Å². The Kier molecular flexibility index (Phi) is 7.12. The third-order valence-corrected chi connectivity index (χ3v) is 4.02. The first kappa shape index (κ1) is 18.7. The van der Waals surface area contributed by atoms with Crippen molar-refractivity contribution in [1.82, 2.24) is 5.32 Å². The predicted octanol–water partition coefficient (Wildman–Crippen LogP) is 1.81. The van der Waals surface area contributed by atoms with Gasteiger partial charge in [-0.15, -0.1) is 12.4 Å². The molecule has 1 aromatic rings. The minimum absolute atomic E-state index is 0. The second kappa shape index (κ2) is 8.36. The van der Waals surface area contributed by atoms with Gasteiger partial charge in [-0.05, 0) is 56.1 Å². The number of carbonyl (C=O) groups is 1. The number of nitrogens with one attached hydrogen (secondary N) is 3. The Morgan fingerprint density at radius 2 is 1.91 bits per heavy atom. The van der Waals surface area contributed by atoms with Gasteiger partial charge in [0, 0.05) is 17.8 Å². The molecular formula is C14H22ClN3O3S. The molecule has 0 bridgehead atoms. The molecule has 1 unspecified atom stereocenters. The zero-order valence-electron chi connectivity index (χ0n) is 12.5. The molecule has 22 heavy (non-hydrogen) atoms. The van der Waals surface area contributed by atoms with Crippen LogP contribution in [0.2, 0.25) is 0 Å². The fourth-order valence-electron chi connectivity index (χ4n) is 2.36. The Labute approximate surface area is 137 Å². The maximum Gasteiger partial charge on any atom is 0.229 e.